The van der Waals surface area contributed by atoms with Crippen molar-refractivity contribution in [3.8, 4) is 0 Å². The Hall–Kier alpha value is -1.53. The first-order valence-corrected chi connectivity index (χ1v) is 7.94. The van der Waals surface area contributed by atoms with E-state index in [9.17, 15) is 0 Å². The van der Waals surface area contributed by atoms with Crippen molar-refractivity contribution in [2.45, 2.75) is 13.0 Å². The molecule has 0 amide bonds. The summed E-state index contributed by atoms with van der Waals surface area (Å²) in [5.41, 5.74) is 8.93. The second-order valence-corrected chi connectivity index (χ2v) is 6.51. The van der Waals surface area contributed by atoms with E-state index in [1.54, 1.807) is 0 Å². The zero-order valence-corrected chi connectivity index (χ0v) is 13.1. The molecule has 1 aromatic carbocycles. The first-order chi connectivity index (χ1) is 9.70. The van der Waals surface area contributed by atoms with Gasteiger partial charge in [0.15, 0.2) is 5.84 Å². The molecule has 1 aromatic heterocycles. The molecule has 6 heteroatoms. The van der Waals surface area contributed by atoms with E-state index in [0.717, 1.165) is 35.2 Å². The van der Waals surface area contributed by atoms with Gasteiger partial charge in [-0.15, -0.1) is 11.3 Å². The van der Waals surface area contributed by atoms with Crippen molar-refractivity contribution >= 4 is 38.8 Å². The molecule has 1 aliphatic rings. The van der Waals surface area contributed by atoms with Crippen LogP contribution < -0.4 is 10.6 Å². The summed E-state index contributed by atoms with van der Waals surface area (Å²) in [5, 5.41) is 14.3. The van der Waals surface area contributed by atoms with Crippen molar-refractivity contribution in [3.63, 3.8) is 0 Å². The summed E-state index contributed by atoms with van der Waals surface area (Å²) in [6, 6.07) is 8.05. The first kappa shape index (κ1) is 13.5. The molecule has 3 rings (SSSR count). The van der Waals surface area contributed by atoms with Crippen LogP contribution in [0.15, 0.2) is 39.3 Å². The number of hydrogen-bond acceptors (Lipinski definition) is 4. The maximum Gasteiger partial charge on any atom is 0.173 e. The minimum absolute atomic E-state index is 0.128. The summed E-state index contributed by atoms with van der Waals surface area (Å²) < 4.78 is 0.835. The number of benzene rings is 1. The third kappa shape index (κ3) is 2.29. The summed E-state index contributed by atoms with van der Waals surface area (Å²) in [6.45, 7) is 1.80. The van der Waals surface area contributed by atoms with E-state index < -0.39 is 0 Å². The zero-order chi connectivity index (χ0) is 14.1. The van der Waals surface area contributed by atoms with Crippen LogP contribution in [0, 0.1) is 0 Å². The number of hydrogen-bond donors (Lipinski definition) is 2. The van der Waals surface area contributed by atoms with Crippen molar-refractivity contribution in [3.05, 3.63) is 50.1 Å². The standard InChI is InChI=1S/C14H14BrN3OS/c15-10-2-1-3-11(13(10)14(16)17-19)18-6-4-12-9(8-18)5-7-20-12/h1-3,5,7,19H,4,6,8H2,(H2,16,17). The first-order valence-electron chi connectivity index (χ1n) is 6.27. The second kappa shape index (κ2) is 5.46. The van der Waals surface area contributed by atoms with Crippen LogP contribution in [0.2, 0.25) is 0 Å². The molecule has 0 fully saturated rings. The minimum atomic E-state index is 0.128. The van der Waals surface area contributed by atoms with Crippen LogP contribution >= 0.6 is 27.3 Å². The lowest BCUT2D eigenvalue weighted by molar-refractivity contribution is 0.318. The van der Waals surface area contributed by atoms with Crippen molar-refractivity contribution in [2.24, 2.45) is 10.9 Å². The number of nitrogens with two attached hydrogens (primary N) is 1. The van der Waals surface area contributed by atoms with Crippen LogP contribution in [0.5, 0.6) is 0 Å². The zero-order valence-electron chi connectivity index (χ0n) is 10.7. The largest absolute Gasteiger partial charge is 0.409 e. The normalized spacial score (nSPS) is 15.2. The van der Waals surface area contributed by atoms with Crippen LogP contribution in [0.1, 0.15) is 16.0 Å². The van der Waals surface area contributed by atoms with Crippen molar-refractivity contribution in [2.75, 3.05) is 11.4 Å². The molecule has 0 saturated carbocycles. The van der Waals surface area contributed by atoms with Gasteiger partial charge in [-0.05, 0) is 51.5 Å². The van der Waals surface area contributed by atoms with Gasteiger partial charge in [0.1, 0.15) is 0 Å². The number of fused-ring (bicyclic) bond motifs is 1. The Morgan fingerprint density at radius 2 is 2.25 bits per heavy atom. The maximum atomic E-state index is 8.99. The molecule has 0 unspecified atom stereocenters. The number of nitrogens with zero attached hydrogens (tertiary/aromatic N) is 2. The SMILES string of the molecule is N/C(=N/O)c1c(Br)cccc1N1CCc2sccc2C1. The molecule has 1 aliphatic heterocycles. The van der Waals surface area contributed by atoms with Gasteiger partial charge in [-0.1, -0.05) is 11.2 Å². The van der Waals surface area contributed by atoms with Gasteiger partial charge in [0, 0.05) is 28.1 Å². The molecule has 2 heterocycles. The van der Waals surface area contributed by atoms with E-state index >= 15 is 0 Å². The van der Waals surface area contributed by atoms with E-state index in [0.29, 0.717) is 0 Å². The Morgan fingerprint density at radius 3 is 3.05 bits per heavy atom. The predicted octanol–water partition coefficient (Wildman–Crippen LogP) is 3.17. The lowest BCUT2D eigenvalue weighted by atomic mass is 10.1. The molecule has 0 atom stereocenters. The van der Waals surface area contributed by atoms with Gasteiger partial charge in [-0.2, -0.15) is 0 Å². The van der Waals surface area contributed by atoms with Crippen LogP contribution in [0.4, 0.5) is 5.69 Å². The summed E-state index contributed by atoms with van der Waals surface area (Å²) >= 11 is 5.30. The lowest BCUT2D eigenvalue weighted by Crippen LogP contribution is -2.31. The monoisotopic (exact) mass is 351 g/mol. The second-order valence-electron chi connectivity index (χ2n) is 4.66. The fourth-order valence-corrected chi connectivity index (χ4v) is 3.98. The number of amidine groups is 1. The molecule has 0 saturated heterocycles. The number of anilines is 1. The molecular weight excluding hydrogens is 338 g/mol. The Bertz CT molecular complexity index is 668. The number of halogens is 1. The maximum absolute atomic E-state index is 8.99. The van der Waals surface area contributed by atoms with Crippen LogP contribution in [-0.2, 0) is 13.0 Å². The Balaban J connectivity index is 2.02. The summed E-state index contributed by atoms with van der Waals surface area (Å²) in [5.74, 6) is 0.128. The molecule has 0 spiro atoms. The van der Waals surface area contributed by atoms with E-state index in [-0.39, 0.29) is 5.84 Å². The highest BCUT2D eigenvalue weighted by Gasteiger charge is 2.21. The molecule has 3 N–H and O–H groups in total. The lowest BCUT2D eigenvalue weighted by Gasteiger charge is -2.30. The van der Waals surface area contributed by atoms with Gasteiger partial charge in [0.2, 0.25) is 0 Å². The Labute approximate surface area is 129 Å². The molecule has 104 valence electrons. The van der Waals surface area contributed by atoms with Gasteiger partial charge in [0.25, 0.3) is 0 Å². The van der Waals surface area contributed by atoms with E-state index in [1.807, 2.05) is 29.5 Å². The molecule has 4 nitrogen and oxygen atoms in total. The number of oxime groups is 1. The fraction of sp³-hybridized carbons (Fsp3) is 0.214. The summed E-state index contributed by atoms with van der Waals surface area (Å²) in [4.78, 5) is 3.73. The van der Waals surface area contributed by atoms with Gasteiger partial charge in [0.05, 0.1) is 5.56 Å². The van der Waals surface area contributed by atoms with Gasteiger partial charge in [-0.25, -0.2) is 0 Å². The minimum Gasteiger partial charge on any atom is -0.409 e. The van der Waals surface area contributed by atoms with Crippen molar-refractivity contribution in [1.29, 1.82) is 0 Å². The van der Waals surface area contributed by atoms with E-state index in [2.05, 4.69) is 37.4 Å². The Morgan fingerprint density at radius 1 is 1.40 bits per heavy atom. The van der Waals surface area contributed by atoms with E-state index in [1.165, 1.54) is 10.4 Å². The third-order valence-corrected chi connectivity index (χ3v) is 5.19. The fourth-order valence-electron chi connectivity index (χ4n) is 2.53. The average Bonchev–Trinajstić information content (AvgIpc) is 2.93. The summed E-state index contributed by atoms with van der Waals surface area (Å²) in [6.07, 6.45) is 1.04. The van der Waals surface area contributed by atoms with Gasteiger partial charge < -0.3 is 15.8 Å². The third-order valence-electron chi connectivity index (χ3n) is 3.50. The highest BCUT2D eigenvalue weighted by molar-refractivity contribution is 9.10. The molecule has 20 heavy (non-hydrogen) atoms. The molecule has 0 aliphatic carbocycles. The van der Waals surface area contributed by atoms with Crippen LogP contribution in [-0.4, -0.2) is 17.6 Å². The molecular formula is C14H14BrN3OS. The highest BCUT2D eigenvalue weighted by atomic mass is 79.9. The van der Waals surface area contributed by atoms with Gasteiger partial charge in [-0.3, -0.25) is 0 Å². The quantitative estimate of drug-likeness (QED) is 0.378. The number of rotatable bonds is 2. The van der Waals surface area contributed by atoms with E-state index in [4.69, 9.17) is 10.9 Å². The van der Waals surface area contributed by atoms with Crippen molar-refractivity contribution < 1.29 is 5.21 Å². The van der Waals surface area contributed by atoms with Gasteiger partial charge >= 0.3 is 0 Å². The smallest absolute Gasteiger partial charge is 0.173 e. The molecule has 0 radical (unpaired) electrons. The summed E-state index contributed by atoms with van der Waals surface area (Å²) in [7, 11) is 0. The Kier molecular flexibility index (Phi) is 3.67. The van der Waals surface area contributed by atoms with Crippen molar-refractivity contribution in [1.82, 2.24) is 0 Å². The molecule has 0 bridgehead atoms. The highest BCUT2D eigenvalue weighted by Crippen LogP contribution is 2.32. The van der Waals surface area contributed by atoms with Crippen LogP contribution in [0.25, 0.3) is 0 Å². The number of thiophene rings is 1. The predicted molar refractivity (Wildman–Crippen MR) is 85.7 cm³/mol. The topological polar surface area (TPSA) is 61.9 Å². The average molecular weight is 352 g/mol. The van der Waals surface area contributed by atoms with Crippen LogP contribution in [0.3, 0.4) is 0 Å². The molecule has 2 aromatic rings.